The van der Waals surface area contributed by atoms with Crippen LogP contribution in [0.2, 0.25) is 0 Å². The largest absolute Gasteiger partial charge is 0.373 e. The molecular formula is C11H19N3S. The van der Waals surface area contributed by atoms with Crippen LogP contribution in [0.25, 0.3) is 0 Å². The molecule has 1 aromatic rings. The van der Waals surface area contributed by atoms with Crippen LogP contribution in [0.5, 0.6) is 0 Å². The van der Waals surface area contributed by atoms with Crippen molar-refractivity contribution in [3.05, 3.63) is 11.9 Å². The minimum atomic E-state index is 0.606. The summed E-state index contributed by atoms with van der Waals surface area (Å²) in [6.07, 6.45) is 3.76. The summed E-state index contributed by atoms with van der Waals surface area (Å²) >= 11 is 1.83. The Labute approximate surface area is 96.1 Å². The first-order chi connectivity index (χ1) is 7.22. The Morgan fingerprint density at radius 2 is 2.13 bits per heavy atom. The molecule has 1 heterocycles. The Morgan fingerprint density at radius 1 is 1.40 bits per heavy atom. The van der Waals surface area contributed by atoms with E-state index in [0.717, 1.165) is 23.7 Å². The van der Waals surface area contributed by atoms with Crippen molar-refractivity contribution >= 4 is 17.6 Å². The van der Waals surface area contributed by atoms with Crippen molar-refractivity contribution in [2.75, 3.05) is 12.4 Å². The maximum atomic E-state index is 4.36. The fourth-order valence-electron chi connectivity index (χ4n) is 1.31. The summed E-state index contributed by atoms with van der Waals surface area (Å²) in [5, 5.41) is 4.84. The number of anilines is 1. The van der Waals surface area contributed by atoms with Gasteiger partial charge < -0.3 is 5.32 Å². The Hall–Kier alpha value is -0.770. The van der Waals surface area contributed by atoms with E-state index in [0.29, 0.717) is 5.25 Å². The molecule has 1 atom stereocenters. The van der Waals surface area contributed by atoms with Crippen LogP contribution in [-0.4, -0.2) is 22.3 Å². The van der Waals surface area contributed by atoms with Gasteiger partial charge in [-0.1, -0.05) is 20.8 Å². The Morgan fingerprint density at radius 3 is 2.67 bits per heavy atom. The molecule has 0 radical (unpaired) electrons. The fraction of sp³-hybridized carbons (Fsp3) is 0.636. The summed E-state index contributed by atoms with van der Waals surface area (Å²) in [7, 11) is 1.90. The lowest BCUT2D eigenvalue weighted by molar-refractivity contribution is 0.887. The van der Waals surface area contributed by atoms with E-state index in [-0.39, 0.29) is 0 Å². The highest BCUT2D eigenvalue weighted by Crippen LogP contribution is 2.29. The molecule has 0 aliphatic rings. The van der Waals surface area contributed by atoms with Gasteiger partial charge >= 0.3 is 0 Å². The molecule has 0 spiro atoms. The van der Waals surface area contributed by atoms with Gasteiger partial charge in [-0.2, -0.15) is 0 Å². The summed E-state index contributed by atoms with van der Waals surface area (Å²) in [6.45, 7) is 6.56. The first kappa shape index (κ1) is 12.3. The van der Waals surface area contributed by atoms with Crippen LogP contribution in [0.1, 0.15) is 32.8 Å². The van der Waals surface area contributed by atoms with Crippen LogP contribution in [0, 0.1) is 0 Å². The Kier molecular flexibility index (Phi) is 4.88. The number of rotatable bonds is 5. The van der Waals surface area contributed by atoms with Crippen molar-refractivity contribution in [1.82, 2.24) is 9.97 Å². The van der Waals surface area contributed by atoms with Crippen molar-refractivity contribution in [1.29, 1.82) is 0 Å². The summed E-state index contributed by atoms with van der Waals surface area (Å²) in [4.78, 5) is 8.58. The van der Waals surface area contributed by atoms with Gasteiger partial charge in [-0.3, -0.25) is 0 Å². The molecule has 0 fully saturated rings. The van der Waals surface area contributed by atoms with Crippen LogP contribution in [0.4, 0.5) is 5.82 Å². The molecule has 15 heavy (non-hydrogen) atoms. The zero-order chi connectivity index (χ0) is 11.3. The molecule has 3 nitrogen and oxygen atoms in total. The predicted octanol–water partition coefficient (Wildman–Crippen LogP) is 2.97. The van der Waals surface area contributed by atoms with Crippen molar-refractivity contribution in [2.45, 2.75) is 43.9 Å². The van der Waals surface area contributed by atoms with Crippen LogP contribution < -0.4 is 5.32 Å². The van der Waals surface area contributed by atoms with Gasteiger partial charge in [0, 0.05) is 17.9 Å². The van der Waals surface area contributed by atoms with E-state index in [9.17, 15) is 0 Å². The topological polar surface area (TPSA) is 37.8 Å². The SMILES string of the molecule is CCc1c(NC)ncnc1SC(C)CC. The summed E-state index contributed by atoms with van der Waals surface area (Å²) in [6, 6.07) is 0. The molecule has 0 saturated carbocycles. The maximum absolute atomic E-state index is 4.36. The van der Waals surface area contributed by atoms with E-state index < -0.39 is 0 Å². The number of nitrogens with zero attached hydrogens (tertiary/aromatic N) is 2. The molecule has 0 aromatic carbocycles. The lowest BCUT2D eigenvalue weighted by Crippen LogP contribution is -2.03. The van der Waals surface area contributed by atoms with Crippen LogP contribution >= 0.6 is 11.8 Å². The highest BCUT2D eigenvalue weighted by Gasteiger charge is 2.11. The molecule has 0 aliphatic heterocycles. The lowest BCUT2D eigenvalue weighted by Gasteiger charge is -2.13. The van der Waals surface area contributed by atoms with Crippen molar-refractivity contribution in [3.63, 3.8) is 0 Å². The Balaban J connectivity index is 2.95. The Bertz CT molecular complexity index is 315. The number of hydrogen-bond donors (Lipinski definition) is 1. The van der Waals surface area contributed by atoms with Gasteiger partial charge in [-0.15, -0.1) is 11.8 Å². The van der Waals surface area contributed by atoms with E-state index in [2.05, 4.69) is 36.1 Å². The average molecular weight is 225 g/mol. The second kappa shape index (κ2) is 5.95. The van der Waals surface area contributed by atoms with Crippen LogP contribution in [0.15, 0.2) is 11.4 Å². The van der Waals surface area contributed by atoms with Crippen molar-refractivity contribution < 1.29 is 0 Å². The lowest BCUT2D eigenvalue weighted by atomic mass is 10.2. The summed E-state index contributed by atoms with van der Waals surface area (Å²) < 4.78 is 0. The second-order valence-corrected chi connectivity index (χ2v) is 4.87. The summed E-state index contributed by atoms with van der Waals surface area (Å²) in [5.74, 6) is 0.957. The van der Waals surface area contributed by atoms with Gasteiger partial charge in [0.2, 0.25) is 0 Å². The minimum Gasteiger partial charge on any atom is -0.373 e. The van der Waals surface area contributed by atoms with Crippen LogP contribution in [0.3, 0.4) is 0 Å². The molecule has 0 saturated heterocycles. The molecule has 1 unspecified atom stereocenters. The van der Waals surface area contributed by atoms with Gasteiger partial charge in [-0.25, -0.2) is 9.97 Å². The highest BCUT2D eigenvalue weighted by molar-refractivity contribution is 7.99. The maximum Gasteiger partial charge on any atom is 0.133 e. The first-order valence-electron chi connectivity index (χ1n) is 5.41. The highest BCUT2D eigenvalue weighted by atomic mass is 32.2. The standard InChI is InChI=1S/C11H19N3S/c1-5-8(3)15-11-9(6-2)10(12-4)13-7-14-11/h7-8H,5-6H2,1-4H3,(H,12,13,14). The van der Waals surface area contributed by atoms with Crippen molar-refractivity contribution in [2.24, 2.45) is 0 Å². The zero-order valence-corrected chi connectivity index (χ0v) is 10.7. The molecule has 84 valence electrons. The van der Waals surface area contributed by atoms with E-state index >= 15 is 0 Å². The van der Waals surface area contributed by atoms with Crippen molar-refractivity contribution in [3.8, 4) is 0 Å². The molecule has 1 aromatic heterocycles. The number of nitrogens with one attached hydrogen (secondary N) is 1. The molecule has 0 bridgehead atoms. The third-order valence-electron chi connectivity index (χ3n) is 2.38. The minimum absolute atomic E-state index is 0.606. The summed E-state index contributed by atoms with van der Waals surface area (Å²) in [5.41, 5.74) is 1.23. The monoisotopic (exact) mass is 225 g/mol. The molecular weight excluding hydrogens is 206 g/mol. The van der Waals surface area contributed by atoms with Gasteiger partial charge in [0.1, 0.15) is 17.2 Å². The number of aromatic nitrogens is 2. The van der Waals surface area contributed by atoms with Gasteiger partial charge in [0.25, 0.3) is 0 Å². The molecule has 0 amide bonds. The molecule has 1 rings (SSSR count). The number of hydrogen-bond acceptors (Lipinski definition) is 4. The normalized spacial score (nSPS) is 12.5. The van der Waals surface area contributed by atoms with Gasteiger partial charge in [0.15, 0.2) is 0 Å². The quantitative estimate of drug-likeness (QED) is 0.617. The third kappa shape index (κ3) is 3.09. The number of thioether (sulfide) groups is 1. The second-order valence-electron chi connectivity index (χ2n) is 3.45. The van der Waals surface area contributed by atoms with E-state index in [1.54, 1.807) is 6.33 Å². The fourth-order valence-corrected chi connectivity index (χ4v) is 2.34. The predicted molar refractivity (Wildman–Crippen MR) is 66.6 cm³/mol. The molecule has 0 aliphatic carbocycles. The van der Waals surface area contributed by atoms with Gasteiger partial charge in [-0.05, 0) is 12.8 Å². The van der Waals surface area contributed by atoms with E-state index in [1.165, 1.54) is 5.56 Å². The van der Waals surface area contributed by atoms with E-state index in [1.807, 2.05) is 18.8 Å². The average Bonchev–Trinajstić information content (AvgIpc) is 2.28. The molecule has 1 N–H and O–H groups in total. The molecule has 4 heteroatoms. The zero-order valence-electron chi connectivity index (χ0n) is 9.87. The first-order valence-corrected chi connectivity index (χ1v) is 6.29. The van der Waals surface area contributed by atoms with E-state index in [4.69, 9.17) is 0 Å². The van der Waals surface area contributed by atoms with Gasteiger partial charge in [0.05, 0.1) is 0 Å². The van der Waals surface area contributed by atoms with Crippen LogP contribution in [-0.2, 0) is 6.42 Å². The smallest absolute Gasteiger partial charge is 0.133 e. The third-order valence-corrected chi connectivity index (χ3v) is 3.69.